The van der Waals surface area contributed by atoms with E-state index in [1.165, 1.54) is 0 Å². The smallest absolute Gasteiger partial charge is 0.254 e. The van der Waals surface area contributed by atoms with Gasteiger partial charge >= 0.3 is 0 Å². The highest BCUT2D eigenvalue weighted by Crippen LogP contribution is 2.23. The van der Waals surface area contributed by atoms with Gasteiger partial charge in [-0.05, 0) is 43.2 Å². The summed E-state index contributed by atoms with van der Waals surface area (Å²) in [4.78, 5) is 14.8. The van der Waals surface area contributed by atoms with Crippen molar-refractivity contribution < 1.29 is 17.9 Å². The topological polar surface area (TPSA) is 63.7 Å². The molecule has 1 atom stereocenters. The molecule has 0 N–H and O–H groups in total. The van der Waals surface area contributed by atoms with Crippen LogP contribution in [0, 0.1) is 6.92 Å². The van der Waals surface area contributed by atoms with Gasteiger partial charge in [-0.3, -0.25) is 4.79 Å². The van der Waals surface area contributed by atoms with Crippen molar-refractivity contribution in [1.29, 1.82) is 0 Å². The second-order valence-corrected chi connectivity index (χ2v) is 8.93. The summed E-state index contributed by atoms with van der Waals surface area (Å²) in [6.45, 7) is 2.34. The Morgan fingerprint density at radius 3 is 2.31 bits per heavy atom. The van der Waals surface area contributed by atoms with Crippen LogP contribution < -0.4 is 4.74 Å². The number of aryl methyl sites for hydroxylation is 1. The minimum atomic E-state index is -3.08. The number of methoxy groups -OCH3 is 1. The van der Waals surface area contributed by atoms with E-state index in [0.29, 0.717) is 18.5 Å². The predicted molar refractivity (Wildman–Crippen MR) is 101 cm³/mol. The summed E-state index contributed by atoms with van der Waals surface area (Å²) in [5.74, 6) is 0.773. The molecule has 2 aromatic carbocycles. The monoisotopic (exact) mass is 373 g/mol. The Balaban J connectivity index is 1.88. The van der Waals surface area contributed by atoms with Crippen LogP contribution in [-0.4, -0.2) is 43.9 Å². The maximum atomic E-state index is 13.1. The summed E-state index contributed by atoms with van der Waals surface area (Å²) in [5, 5.41) is 0. The van der Waals surface area contributed by atoms with E-state index in [-0.39, 0.29) is 23.5 Å². The molecule has 0 bridgehead atoms. The van der Waals surface area contributed by atoms with Gasteiger partial charge in [0.25, 0.3) is 5.91 Å². The van der Waals surface area contributed by atoms with Crippen LogP contribution in [0.25, 0.3) is 0 Å². The van der Waals surface area contributed by atoms with Gasteiger partial charge in [-0.15, -0.1) is 0 Å². The van der Waals surface area contributed by atoms with Gasteiger partial charge in [0.15, 0.2) is 9.84 Å². The number of benzene rings is 2. The highest BCUT2D eigenvalue weighted by molar-refractivity contribution is 7.91. The van der Waals surface area contributed by atoms with E-state index in [9.17, 15) is 13.2 Å². The molecule has 0 aromatic heterocycles. The van der Waals surface area contributed by atoms with Crippen molar-refractivity contribution in [2.45, 2.75) is 25.9 Å². The van der Waals surface area contributed by atoms with Crippen LogP contribution in [0.15, 0.2) is 48.5 Å². The second kappa shape index (κ2) is 7.50. The summed E-state index contributed by atoms with van der Waals surface area (Å²) in [5.41, 5.74) is 2.59. The number of sulfone groups is 1. The van der Waals surface area contributed by atoms with Gasteiger partial charge in [-0.2, -0.15) is 0 Å². The molecule has 1 amide bonds. The quantitative estimate of drug-likeness (QED) is 0.808. The SMILES string of the molecule is COc1ccc(CN(C(=O)c2ccc(C)cc2)[C@@H]2CCS(=O)(=O)C2)cc1. The summed E-state index contributed by atoms with van der Waals surface area (Å²) in [6.07, 6.45) is 0.482. The Kier molecular flexibility index (Phi) is 5.32. The minimum absolute atomic E-state index is 0.0285. The largest absolute Gasteiger partial charge is 0.497 e. The molecule has 26 heavy (non-hydrogen) atoms. The number of carbonyl (C=O) groups excluding carboxylic acids is 1. The fraction of sp³-hybridized carbons (Fsp3) is 0.350. The Bertz CT molecular complexity index is 873. The summed E-state index contributed by atoms with van der Waals surface area (Å²) < 4.78 is 29.0. The fourth-order valence-corrected chi connectivity index (χ4v) is 4.91. The normalized spacial score (nSPS) is 18.5. The molecule has 5 nitrogen and oxygen atoms in total. The first-order valence-electron chi connectivity index (χ1n) is 8.59. The van der Waals surface area contributed by atoms with Crippen LogP contribution in [0.3, 0.4) is 0 Å². The first-order valence-corrected chi connectivity index (χ1v) is 10.4. The molecule has 138 valence electrons. The van der Waals surface area contributed by atoms with Crippen molar-refractivity contribution >= 4 is 15.7 Å². The third-order valence-corrected chi connectivity index (χ3v) is 6.47. The van der Waals surface area contributed by atoms with E-state index in [1.54, 1.807) is 24.1 Å². The van der Waals surface area contributed by atoms with Crippen LogP contribution in [-0.2, 0) is 16.4 Å². The van der Waals surface area contributed by atoms with E-state index in [4.69, 9.17) is 4.74 Å². The second-order valence-electron chi connectivity index (χ2n) is 6.70. The van der Waals surface area contributed by atoms with Crippen molar-refractivity contribution in [2.24, 2.45) is 0 Å². The van der Waals surface area contributed by atoms with Crippen LogP contribution in [0.5, 0.6) is 5.75 Å². The molecule has 1 aliphatic rings. The number of amides is 1. The first kappa shape index (κ1) is 18.5. The summed E-state index contributed by atoms with van der Waals surface area (Å²) >= 11 is 0. The summed E-state index contributed by atoms with van der Waals surface area (Å²) in [7, 11) is -1.48. The lowest BCUT2D eigenvalue weighted by Gasteiger charge is -2.28. The van der Waals surface area contributed by atoms with E-state index in [2.05, 4.69) is 0 Å². The number of nitrogens with zero attached hydrogens (tertiary/aromatic N) is 1. The molecule has 1 saturated heterocycles. The highest BCUT2D eigenvalue weighted by Gasteiger charge is 2.35. The van der Waals surface area contributed by atoms with Crippen molar-refractivity contribution in [3.8, 4) is 5.75 Å². The Hall–Kier alpha value is -2.34. The molecule has 1 heterocycles. The van der Waals surface area contributed by atoms with Gasteiger partial charge in [-0.25, -0.2) is 8.42 Å². The molecule has 1 aliphatic heterocycles. The van der Waals surface area contributed by atoms with Crippen molar-refractivity contribution in [2.75, 3.05) is 18.6 Å². The zero-order valence-electron chi connectivity index (χ0n) is 15.0. The number of carbonyl (C=O) groups is 1. The number of hydrogen-bond donors (Lipinski definition) is 0. The fourth-order valence-electron chi connectivity index (χ4n) is 3.18. The van der Waals surface area contributed by atoms with Crippen LogP contribution in [0.1, 0.15) is 27.9 Å². The summed E-state index contributed by atoms with van der Waals surface area (Å²) in [6, 6.07) is 14.6. The lowest BCUT2D eigenvalue weighted by Crippen LogP contribution is -2.40. The van der Waals surface area contributed by atoms with Crippen LogP contribution in [0.4, 0.5) is 0 Å². The zero-order chi connectivity index (χ0) is 18.7. The molecule has 0 radical (unpaired) electrons. The van der Waals surface area contributed by atoms with E-state index < -0.39 is 9.84 Å². The standard InChI is InChI=1S/C20H23NO4S/c1-15-3-7-17(8-4-15)20(22)21(18-11-12-26(23,24)14-18)13-16-5-9-19(25-2)10-6-16/h3-10,18H,11-14H2,1-2H3/t18-/m1/s1. The Morgan fingerprint density at radius 1 is 1.12 bits per heavy atom. The Morgan fingerprint density at radius 2 is 1.77 bits per heavy atom. The molecule has 0 spiro atoms. The van der Waals surface area contributed by atoms with E-state index >= 15 is 0 Å². The molecule has 0 aliphatic carbocycles. The van der Waals surface area contributed by atoms with E-state index in [0.717, 1.165) is 16.9 Å². The van der Waals surface area contributed by atoms with Gasteiger partial charge in [0.2, 0.25) is 0 Å². The van der Waals surface area contributed by atoms with E-state index in [1.807, 2.05) is 43.3 Å². The maximum Gasteiger partial charge on any atom is 0.254 e. The van der Waals surface area contributed by atoms with Gasteiger partial charge in [0, 0.05) is 18.2 Å². The number of hydrogen-bond acceptors (Lipinski definition) is 4. The number of ether oxygens (including phenoxy) is 1. The average Bonchev–Trinajstić information content (AvgIpc) is 3.00. The third kappa shape index (κ3) is 4.25. The van der Waals surface area contributed by atoms with Gasteiger partial charge < -0.3 is 9.64 Å². The van der Waals surface area contributed by atoms with Crippen LogP contribution in [0.2, 0.25) is 0 Å². The van der Waals surface area contributed by atoms with Gasteiger partial charge in [-0.1, -0.05) is 29.8 Å². The number of rotatable bonds is 5. The van der Waals surface area contributed by atoms with Crippen LogP contribution >= 0.6 is 0 Å². The molecule has 0 unspecified atom stereocenters. The minimum Gasteiger partial charge on any atom is -0.497 e. The molecule has 0 saturated carbocycles. The molecular formula is C20H23NO4S. The Labute approximate surface area is 154 Å². The molecule has 3 rings (SSSR count). The average molecular weight is 373 g/mol. The highest BCUT2D eigenvalue weighted by atomic mass is 32.2. The van der Waals surface area contributed by atoms with Crippen molar-refractivity contribution in [3.05, 3.63) is 65.2 Å². The van der Waals surface area contributed by atoms with Crippen molar-refractivity contribution in [1.82, 2.24) is 4.90 Å². The third-order valence-electron chi connectivity index (χ3n) is 4.72. The molecular weight excluding hydrogens is 350 g/mol. The van der Waals surface area contributed by atoms with Gasteiger partial charge in [0.1, 0.15) is 5.75 Å². The zero-order valence-corrected chi connectivity index (χ0v) is 15.8. The van der Waals surface area contributed by atoms with Gasteiger partial charge in [0.05, 0.1) is 18.6 Å². The molecule has 6 heteroatoms. The first-order chi connectivity index (χ1) is 12.4. The lowest BCUT2D eigenvalue weighted by atomic mass is 10.1. The molecule has 1 fully saturated rings. The predicted octanol–water partition coefficient (Wildman–Crippen LogP) is 2.83. The maximum absolute atomic E-state index is 13.1. The lowest BCUT2D eigenvalue weighted by molar-refractivity contribution is 0.0681. The molecule has 2 aromatic rings. The van der Waals surface area contributed by atoms with Crippen molar-refractivity contribution in [3.63, 3.8) is 0 Å².